The molecule has 19 heavy (non-hydrogen) atoms. The van der Waals surface area contributed by atoms with Gasteiger partial charge in [-0.2, -0.15) is 0 Å². The molecule has 0 radical (unpaired) electrons. The smallest absolute Gasteiger partial charge is 0.155 e. The zero-order valence-corrected chi connectivity index (χ0v) is 11.7. The van der Waals surface area contributed by atoms with Gasteiger partial charge in [0.25, 0.3) is 0 Å². The van der Waals surface area contributed by atoms with Gasteiger partial charge in [-0.25, -0.2) is 9.97 Å². The summed E-state index contributed by atoms with van der Waals surface area (Å²) in [5.74, 6) is 1.44. The molecule has 2 heterocycles. The van der Waals surface area contributed by atoms with E-state index in [4.69, 9.17) is 10.9 Å². The van der Waals surface area contributed by atoms with Crippen molar-refractivity contribution in [2.45, 2.75) is 34.2 Å². The van der Waals surface area contributed by atoms with E-state index >= 15 is 0 Å². The molecular formula is C13H19N5O. The second kappa shape index (κ2) is 4.87. The van der Waals surface area contributed by atoms with E-state index in [2.05, 4.69) is 29.0 Å². The van der Waals surface area contributed by atoms with Crippen LogP contribution >= 0.6 is 0 Å². The van der Waals surface area contributed by atoms with Crippen molar-refractivity contribution in [1.82, 2.24) is 14.5 Å². The summed E-state index contributed by atoms with van der Waals surface area (Å²) in [6, 6.07) is 0. The van der Waals surface area contributed by atoms with Crippen LogP contribution in [0.25, 0.3) is 11.0 Å². The minimum absolute atomic E-state index is 0.410. The van der Waals surface area contributed by atoms with Crippen LogP contribution in [-0.4, -0.2) is 26.0 Å². The van der Waals surface area contributed by atoms with Gasteiger partial charge in [-0.15, -0.1) is 0 Å². The number of hydrogen-bond acceptors (Lipinski definition) is 5. The quantitative estimate of drug-likeness (QED) is 0.503. The Labute approximate surface area is 112 Å². The Bertz CT molecular complexity index is 642. The molecule has 102 valence electrons. The molecule has 2 aromatic heterocycles. The number of anilines is 1. The third kappa shape index (κ3) is 2.25. The fourth-order valence-electron chi connectivity index (χ4n) is 2.22. The molecule has 3 N–H and O–H groups in total. The third-order valence-corrected chi connectivity index (χ3v) is 3.15. The lowest BCUT2D eigenvalue weighted by molar-refractivity contribution is 0.321. The first-order valence-corrected chi connectivity index (χ1v) is 6.26. The Morgan fingerprint density at radius 2 is 2.05 bits per heavy atom. The van der Waals surface area contributed by atoms with Gasteiger partial charge in [-0.3, -0.25) is 0 Å². The fraction of sp³-hybridized carbons (Fsp3) is 0.462. The maximum atomic E-state index is 8.77. The van der Waals surface area contributed by atoms with Gasteiger partial charge in [0.1, 0.15) is 11.7 Å². The van der Waals surface area contributed by atoms with E-state index in [-0.39, 0.29) is 0 Å². The highest BCUT2D eigenvalue weighted by Gasteiger charge is 2.17. The van der Waals surface area contributed by atoms with Gasteiger partial charge < -0.3 is 15.5 Å². The number of fused-ring (bicyclic) bond motifs is 1. The van der Waals surface area contributed by atoms with Gasteiger partial charge in [0.2, 0.25) is 0 Å². The molecule has 0 atom stereocenters. The first-order valence-electron chi connectivity index (χ1n) is 6.26. The van der Waals surface area contributed by atoms with Crippen LogP contribution in [0.3, 0.4) is 0 Å². The van der Waals surface area contributed by atoms with Crippen molar-refractivity contribution < 1.29 is 5.21 Å². The molecule has 0 aliphatic heterocycles. The molecule has 0 amide bonds. The van der Waals surface area contributed by atoms with Crippen LogP contribution in [0.15, 0.2) is 5.16 Å². The van der Waals surface area contributed by atoms with Crippen molar-refractivity contribution in [3.63, 3.8) is 0 Å². The molecule has 0 spiro atoms. The molecule has 0 aromatic carbocycles. The van der Waals surface area contributed by atoms with E-state index in [0.29, 0.717) is 23.1 Å². The van der Waals surface area contributed by atoms with Crippen LogP contribution < -0.4 is 5.73 Å². The SMILES string of the molecule is Cc1nc(N)c2nc(/C=N/O)n(CC(C)C)c2c1C. The lowest BCUT2D eigenvalue weighted by atomic mass is 10.1. The number of hydrogen-bond donors (Lipinski definition) is 2. The van der Waals surface area contributed by atoms with E-state index in [0.717, 1.165) is 23.3 Å². The summed E-state index contributed by atoms with van der Waals surface area (Å²) < 4.78 is 2.03. The summed E-state index contributed by atoms with van der Waals surface area (Å²) >= 11 is 0. The number of nitrogens with two attached hydrogens (primary N) is 1. The van der Waals surface area contributed by atoms with E-state index in [1.165, 1.54) is 6.21 Å². The molecule has 6 heteroatoms. The molecule has 0 saturated heterocycles. The molecule has 0 fully saturated rings. The molecule has 6 nitrogen and oxygen atoms in total. The summed E-state index contributed by atoms with van der Waals surface area (Å²) in [5, 5.41) is 11.8. The molecule has 0 aliphatic carbocycles. The number of oxime groups is 1. The van der Waals surface area contributed by atoms with E-state index in [9.17, 15) is 0 Å². The van der Waals surface area contributed by atoms with Crippen molar-refractivity contribution >= 4 is 23.1 Å². The zero-order valence-electron chi connectivity index (χ0n) is 11.7. The predicted octanol–water partition coefficient (Wildman–Crippen LogP) is 2.09. The topological polar surface area (TPSA) is 89.3 Å². The molecule has 2 aromatic rings. The Morgan fingerprint density at radius 1 is 1.37 bits per heavy atom. The zero-order chi connectivity index (χ0) is 14.2. The lowest BCUT2D eigenvalue weighted by Gasteiger charge is -2.12. The van der Waals surface area contributed by atoms with Crippen molar-refractivity contribution in [3.8, 4) is 0 Å². The average molecular weight is 261 g/mol. The standard InChI is InChI=1S/C13H19N5O/c1-7(2)6-18-10(5-15-19)17-11-12(18)8(3)9(4)16-13(11)14/h5,7,19H,6H2,1-4H3,(H2,14,16)/b15-5+. The maximum absolute atomic E-state index is 8.77. The highest BCUT2D eigenvalue weighted by atomic mass is 16.4. The summed E-state index contributed by atoms with van der Waals surface area (Å²) in [4.78, 5) is 8.71. The second-order valence-electron chi connectivity index (χ2n) is 5.12. The van der Waals surface area contributed by atoms with Gasteiger partial charge in [-0.05, 0) is 25.3 Å². The summed E-state index contributed by atoms with van der Waals surface area (Å²) in [6.45, 7) is 8.96. The van der Waals surface area contributed by atoms with Crippen LogP contribution in [0.4, 0.5) is 5.82 Å². The van der Waals surface area contributed by atoms with Crippen molar-refractivity contribution in [2.24, 2.45) is 11.1 Å². The normalized spacial score (nSPS) is 12.1. The molecule has 0 unspecified atom stereocenters. The fourth-order valence-corrected chi connectivity index (χ4v) is 2.22. The van der Waals surface area contributed by atoms with E-state index in [1.807, 2.05) is 18.4 Å². The number of aromatic nitrogens is 3. The molecular weight excluding hydrogens is 242 g/mol. The van der Waals surface area contributed by atoms with Gasteiger partial charge in [0, 0.05) is 12.2 Å². The minimum atomic E-state index is 0.410. The predicted molar refractivity (Wildman–Crippen MR) is 75.6 cm³/mol. The van der Waals surface area contributed by atoms with Gasteiger partial charge in [0.15, 0.2) is 11.6 Å². The van der Waals surface area contributed by atoms with Crippen LogP contribution in [0, 0.1) is 19.8 Å². The molecule has 2 rings (SSSR count). The molecule has 0 aliphatic rings. The monoisotopic (exact) mass is 261 g/mol. The van der Waals surface area contributed by atoms with E-state index in [1.54, 1.807) is 0 Å². The Kier molecular flexibility index (Phi) is 3.42. The van der Waals surface area contributed by atoms with Crippen LogP contribution in [0.1, 0.15) is 30.9 Å². The average Bonchev–Trinajstić information content (AvgIpc) is 2.66. The Morgan fingerprint density at radius 3 is 2.63 bits per heavy atom. The summed E-state index contributed by atoms with van der Waals surface area (Å²) in [7, 11) is 0. The highest BCUT2D eigenvalue weighted by Crippen LogP contribution is 2.26. The number of aryl methyl sites for hydroxylation is 2. The number of imidazole rings is 1. The van der Waals surface area contributed by atoms with Crippen molar-refractivity contribution in [3.05, 3.63) is 17.1 Å². The van der Waals surface area contributed by atoms with Crippen LogP contribution in [0.2, 0.25) is 0 Å². The number of pyridine rings is 1. The lowest BCUT2D eigenvalue weighted by Crippen LogP contribution is -2.09. The van der Waals surface area contributed by atoms with Gasteiger partial charge in [0.05, 0.1) is 5.52 Å². The van der Waals surface area contributed by atoms with E-state index < -0.39 is 0 Å². The first kappa shape index (κ1) is 13.3. The Balaban J connectivity index is 2.82. The van der Waals surface area contributed by atoms with Gasteiger partial charge in [-0.1, -0.05) is 19.0 Å². The van der Waals surface area contributed by atoms with Crippen molar-refractivity contribution in [2.75, 3.05) is 5.73 Å². The molecule has 0 bridgehead atoms. The first-order chi connectivity index (χ1) is 8.95. The van der Waals surface area contributed by atoms with Crippen LogP contribution in [-0.2, 0) is 6.54 Å². The van der Waals surface area contributed by atoms with Crippen LogP contribution in [0.5, 0.6) is 0 Å². The largest absolute Gasteiger partial charge is 0.411 e. The third-order valence-electron chi connectivity index (χ3n) is 3.15. The summed E-state index contributed by atoms with van der Waals surface area (Å²) in [5.41, 5.74) is 9.51. The number of nitrogen functional groups attached to an aromatic ring is 1. The minimum Gasteiger partial charge on any atom is -0.411 e. The van der Waals surface area contributed by atoms with Crippen molar-refractivity contribution in [1.29, 1.82) is 0 Å². The number of rotatable bonds is 3. The van der Waals surface area contributed by atoms with Gasteiger partial charge >= 0.3 is 0 Å². The number of nitrogens with zero attached hydrogens (tertiary/aromatic N) is 4. The maximum Gasteiger partial charge on any atom is 0.155 e. The Hall–Kier alpha value is -2.11. The molecule has 0 saturated carbocycles. The highest BCUT2D eigenvalue weighted by molar-refractivity contribution is 5.92. The summed E-state index contributed by atoms with van der Waals surface area (Å²) in [6.07, 6.45) is 1.33. The second-order valence-corrected chi connectivity index (χ2v) is 5.12.